The van der Waals surface area contributed by atoms with Gasteiger partial charge in [0, 0.05) is 6.54 Å². The van der Waals surface area contributed by atoms with Crippen molar-refractivity contribution >= 4 is 34.8 Å². The minimum Gasteiger partial charge on any atom is -0.324 e. The maximum atomic E-state index is 12.9. The molecule has 24 heavy (non-hydrogen) atoms. The van der Waals surface area contributed by atoms with Crippen LogP contribution in [0.4, 0.5) is 11.4 Å². The first-order valence-corrected chi connectivity index (χ1v) is 8.16. The number of aryl methyl sites for hydroxylation is 1. The Hall–Kier alpha value is -2.34. The van der Waals surface area contributed by atoms with Gasteiger partial charge in [-0.05, 0) is 26.0 Å². The molecule has 126 valence electrons. The molecule has 0 saturated heterocycles. The lowest BCUT2D eigenvalue weighted by molar-refractivity contribution is -0.120. The van der Waals surface area contributed by atoms with Crippen molar-refractivity contribution < 1.29 is 9.59 Å². The summed E-state index contributed by atoms with van der Waals surface area (Å²) in [6, 6.07) is 7.31. The predicted octanol–water partition coefficient (Wildman–Crippen LogP) is 2.77. The molecular formula is C17H19ClN4O2. The van der Waals surface area contributed by atoms with Gasteiger partial charge in [-0.15, -0.1) is 0 Å². The number of fused-ring (bicyclic) bond motifs is 1. The maximum Gasteiger partial charge on any atom is 0.248 e. The number of amides is 2. The van der Waals surface area contributed by atoms with E-state index in [1.54, 1.807) is 15.6 Å². The number of hydrogen-bond acceptors (Lipinski definition) is 3. The van der Waals surface area contributed by atoms with Gasteiger partial charge in [0.25, 0.3) is 0 Å². The standard InChI is InChI=1S/C17H19ClN4O2/c1-10-8-21(14-7-5-4-6-13(14)19-17(10)24)15(23)9-22-12(3)16(18)11(2)20-22/h4-7,10H,8-9H2,1-3H3,(H,19,24)/t10-/m1/s1. The zero-order valence-electron chi connectivity index (χ0n) is 13.8. The van der Waals surface area contributed by atoms with E-state index >= 15 is 0 Å². The number of nitrogens with one attached hydrogen (secondary N) is 1. The summed E-state index contributed by atoms with van der Waals surface area (Å²) in [4.78, 5) is 26.7. The quantitative estimate of drug-likeness (QED) is 0.909. The number of aromatic nitrogens is 2. The molecule has 7 heteroatoms. The fourth-order valence-corrected chi connectivity index (χ4v) is 2.94. The van der Waals surface area contributed by atoms with Crippen LogP contribution >= 0.6 is 11.6 Å². The van der Waals surface area contributed by atoms with Crippen LogP contribution < -0.4 is 10.2 Å². The third kappa shape index (κ3) is 2.89. The molecule has 2 amide bonds. The first-order chi connectivity index (χ1) is 11.4. The Labute approximate surface area is 145 Å². The molecular weight excluding hydrogens is 328 g/mol. The van der Waals surface area contributed by atoms with Gasteiger partial charge in [-0.2, -0.15) is 5.10 Å². The summed E-state index contributed by atoms with van der Waals surface area (Å²) in [6.07, 6.45) is 0. The zero-order chi connectivity index (χ0) is 17.4. The lowest BCUT2D eigenvalue weighted by Crippen LogP contribution is -2.38. The van der Waals surface area contributed by atoms with Crippen LogP contribution in [-0.2, 0) is 16.1 Å². The van der Waals surface area contributed by atoms with Crippen molar-refractivity contribution in [3.8, 4) is 0 Å². The van der Waals surface area contributed by atoms with Gasteiger partial charge < -0.3 is 10.2 Å². The number of rotatable bonds is 2. The second-order valence-electron chi connectivity index (χ2n) is 6.05. The average Bonchev–Trinajstić information content (AvgIpc) is 2.72. The van der Waals surface area contributed by atoms with Crippen molar-refractivity contribution in [3.63, 3.8) is 0 Å². The van der Waals surface area contributed by atoms with Crippen molar-refractivity contribution in [2.24, 2.45) is 5.92 Å². The van der Waals surface area contributed by atoms with Gasteiger partial charge in [0.2, 0.25) is 11.8 Å². The van der Waals surface area contributed by atoms with Gasteiger partial charge in [-0.25, -0.2) is 0 Å². The molecule has 0 aliphatic carbocycles. The number of anilines is 2. The minimum atomic E-state index is -0.301. The fraction of sp³-hybridized carbons (Fsp3) is 0.353. The molecule has 1 N–H and O–H groups in total. The van der Waals surface area contributed by atoms with E-state index in [1.165, 1.54) is 0 Å². The molecule has 6 nitrogen and oxygen atoms in total. The number of benzene rings is 1. The van der Waals surface area contributed by atoms with Gasteiger partial charge in [-0.3, -0.25) is 14.3 Å². The van der Waals surface area contributed by atoms with Gasteiger partial charge in [0.1, 0.15) is 6.54 Å². The van der Waals surface area contributed by atoms with Crippen molar-refractivity contribution in [1.82, 2.24) is 9.78 Å². The van der Waals surface area contributed by atoms with Gasteiger partial charge in [0.05, 0.1) is 33.7 Å². The van der Waals surface area contributed by atoms with Gasteiger partial charge >= 0.3 is 0 Å². The number of carbonyl (C=O) groups excluding carboxylic acids is 2. The fourth-order valence-electron chi connectivity index (χ4n) is 2.80. The summed E-state index contributed by atoms with van der Waals surface area (Å²) >= 11 is 6.15. The Bertz CT molecular complexity index is 815. The Morgan fingerprint density at radius 3 is 2.75 bits per heavy atom. The third-order valence-electron chi connectivity index (χ3n) is 4.24. The van der Waals surface area contributed by atoms with Crippen LogP contribution in [0.25, 0.3) is 0 Å². The van der Waals surface area contributed by atoms with Crippen LogP contribution in [0, 0.1) is 19.8 Å². The number of para-hydroxylation sites is 2. The topological polar surface area (TPSA) is 67.2 Å². The van der Waals surface area contributed by atoms with Crippen LogP contribution in [0.15, 0.2) is 24.3 Å². The molecule has 0 fully saturated rings. The summed E-state index contributed by atoms with van der Waals surface area (Å²) in [5, 5.41) is 7.76. The number of hydrogen-bond donors (Lipinski definition) is 1. The summed E-state index contributed by atoms with van der Waals surface area (Å²) in [7, 11) is 0. The van der Waals surface area contributed by atoms with E-state index in [-0.39, 0.29) is 24.3 Å². The normalized spacial score (nSPS) is 17.2. The molecule has 1 aliphatic rings. The first kappa shape index (κ1) is 16.5. The van der Waals surface area contributed by atoms with Gasteiger partial charge in [-0.1, -0.05) is 30.7 Å². The second kappa shape index (κ2) is 6.28. The van der Waals surface area contributed by atoms with Crippen LogP contribution in [0.3, 0.4) is 0 Å². The Balaban J connectivity index is 1.93. The molecule has 0 radical (unpaired) electrons. The Kier molecular flexibility index (Phi) is 4.32. The van der Waals surface area contributed by atoms with Crippen molar-refractivity contribution in [1.29, 1.82) is 0 Å². The first-order valence-electron chi connectivity index (χ1n) is 7.78. The number of halogens is 1. The van der Waals surface area contributed by atoms with Crippen LogP contribution in [0.2, 0.25) is 5.02 Å². The highest BCUT2D eigenvalue weighted by Gasteiger charge is 2.29. The monoisotopic (exact) mass is 346 g/mol. The highest BCUT2D eigenvalue weighted by molar-refractivity contribution is 6.31. The Morgan fingerprint density at radius 2 is 2.08 bits per heavy atom. The summed E-state index contributed by atoms with van der Waals surface area (Å²) in [5.41, 5.74) is 2.80. The van der Waals surface area contributed by atoms with E-state index < -0.39 is 0 Å². The van der Waals surface area contributed by atoms with Crippen LogP contribution in [0.5, 0.6) is 0 Å². The van der Waals surface area contributed by atoms with E-state index in [9.17, 15) is 9.59 Å². The smallest absolute Gasteiger partial charge is 0.248 e. The minimum absolute atomic E-state index is 0.0780. The molecule has 0 unspecified atom stereocenters. The Morgan fingerprint density at radius 1 is 1.38 bits per heavy atom. The van der Waals surface area contributed by atoms with Crippen molar-refractivity contribution in [2.75, 3.05) is 16.8 Å². The molecule has 0 spiro atoms. The van der Waals surface area contributed by atoms with E-state index in [2.05, 4.69) is 10.4 Å². The number of carbonyl (C=O) groups is 2. The van der Waals surface area contributed by atoms with Crippen molar-refractivity contribution in [3.05, 3.63) is 40.7 Å². The molecule has 1 atom stereocenters. The van der Waals surface area contributed by atoms with E-state index in [0.29, 0.717) is 28.6 Å². The molecule has 2 heterocycles. The summed E-state index contributed by atoms with van der Waals surface area (Å²) in [6.45, 7) is 5.85. The lowest BCUT2D eigenvalue weighted by atomic mass is 10.1. The third-order valence-corrected chi connectivity index (χ3v) is 4.78. The highest BCUT2D eigenvalue weighted by atomic mass is 35.5. The maximum absolute atomic E-state index is 12.9. The molecule has 2 aromatic rings. The predicted molar refractivity (Wildman–Crippen MR) is 93.3 cm³/mol. The summed E-state index contributed by atoms with van der Waals surface area (Å²) < 4.78 is 1.60. The lowest BCUT2D eigenvalue weighted by Gasteiger charge is -2.23. The van der Waals surface area contributed by atoms with Gasteiger partial charge in [0.15, 0.2) is 0 Å². The number of nitrogens with zero attached hydrogens (tertiary/aromatic N) is 3. The molecule has 0 bridgehead atoms. The molecule has 3 rings (SSSR count). The largest absolute Gasteiger partial charge is 0.324 e. The van der Waals surface area contributed by atoms with E-state index in [0.717, 1.165) is 5.69 Å². The van der Waals surface area contributed by atoms with Crippen LogP contribution in [0.1, 0.15) is 18.3 Å². The molecule has 0 saturated carbocycles. The second-order valence-corrected chi connectivity index (χ2v) is 6.43. The molecule has 1 aliphatic heterocycles. The van der Waals surface area contributed by atoms with Crippen LogP contribution in [-0.4, -0.2) is 28.1 Å². The summed E-state index contributed by atoms with van der Waals surface area (Å²) in [5.74, 6) is -0.523. The van der Waals surface area contributed by atoms with E-state index in [4.69, 9.17) is 11.6 Å². The van der Waals surface area contributed by atoms with E-state index in [1.807, 2.05) is 39.0 Å². The average molecular weight is 347 g/mol. The SMILES string of the molecule is Cc1nn(CC(=O)N2C[C@@H](C)C(=O)Nc3ccccc32)c(C)c1Cl. The molecule has 1 aromatic carbocycles. The zero-order valence-corrected chi connectivity index (χ0v) is 14.6. The van der Waals surface area contributed by atoms with Crippen molar-refractivity contribution in [2.45, 2.75) is 27.3 Å². The highest BCUT2D eigenvalue weighted by Crippen LogP contribution is 2.30. The molecule has 1 aromatic heterocycles.